The fourth-order valence-corrected chi connectivity index (χ4v) is 16.5. The van der Waals surface area contributed by atoms with E-state index in [1.54, 1.807) is 98.9 Å². The number of furan rings is 5. The van der Waals surface area contributed by atoms with Crippen LogP contribution < -0.4 is 22.8 Å². The summed E-state index contributed by atoms with van der Waals surface area (Å²) in [5, 5.41) is 9.47. The largest absolute Gasteiger partial charge is 0.437 e. The Bertz CT molecular complexity index is 8270. The Hall–Kier alpha value is -13.4. The number of pyridine rings is 10. The molecule has 20 aromatic rings. The number of hydrogen-bond donors (Lipinski definition) is 0. The van der Waals surface area contributed by atoms with E-state index in [-0.39, 0.29) is 17.4 Å². The summed E-state index contributed by atoms with van der Waals surface area (Å²) < 4.78 is 194. The minimum Gasteiger partial charge on any atom is -0.437 e. The van der Waals surface area contributed by atoms with E-state index in [1.165, 1.54) is 6.92 Å². The summed E-state index contributed by atoms with van der Waals surface area (Å²) in [4.78, 5) is 23.0. The average Bonchev–Trinajstić information content (AvgIpc) is 1.61. The van der Waals surface area contributed by atoms with Crippen molar-refractivity contribution < 1.29 is 72.3 Å². The van der Waals surface area contributed by atoms with Gasteiger partial charge in [-0.2, -0.15) is 0 Å². The fraction of sp³-hybridized carbons (Fsp3) is 0.266. The molecule has 0 N–H and O–H groups in total. The molecular weight excluding hydrogens is 1530 g/mol. The van der Waals surface area contributed by atoms with Crippen molar-refractivity contribution in [1.29, 1.82) is 0 Å². The zero-order chi connectivity index (χ0) is 105. The molecule has 0 aliphatic rings. The van der Waals surface area contributed by atoms with Crippen LogP contribution in [-0.2, 0) is 53.5 Å². The first kappa shape index (κ1) is 62.7. The maximum absolute atomic E-state index is 8.24. The van der Waals surface area contributed by atoms with E-state index in [9.17, 15) is 0 Å². The maximum Gasteiger partial charge on any atom is 0.227 e. The Morgan fingerprint density at radius 3 is 0.911 bits per heavy atom. The molecule has 15 aromatic heterocycles. The molecule has 0 saturated heterocycles. The molecule has 1 atom stereocenters. The van der Waals surface area contributed by atoms with Crippen molar-refractivity contribution in [2.75, 3.05) is 0 Å². The molecule has 1 unspecified atom stereocenters. The smallest absolute Gasteiger partial charge is 0.227 e. The third kappa shape index (κ3) is 16.3. The van der Waals surface area contributed by atoms with Crippen molar-refractivity contribution in [3.63, 3.8) is 0 Å². The number of nitrogens with zero attached hydrogens (tertiary/aromatic N) is 10. The van der Waals surface area contributed by atoms with Gasteiger partial charge in [0, 0.05) is 173 Å². The molecule has 0 spiro atoms. The van der Waals surface area contributed by atoms with E-state index in [0.717, 1.165) is 178 Å². The topological polar surface area (TPSA) is 150 Å². The van der Waals surface area contributed by atoms with Crippen LogP contribution >= 0.6 is 0 Å². The first-order valence-corrected chi connectivity index (χ1v) is 41.3. The molecule has 5 aromatic carbocycles. The molecule has 0 bridgehead atoms. The number of rotatable bonds is 9. The van der Waals surface area contributed by atoms with Gasteiger partial charge in [0.25, 0.3) is 0 Å². The van der Waals surface area contributed by atoms with Gasteiger partial charge in [-0.25, -0.2) is 47.8 Å². The van der Waals surface area contributed by atoms with Gasteiger partial charge in [0.1, 0.15) is 35.2 Å². The lowest BCUT2D eigenvalue weighted by Gasteiger charge is -2.16. The van der Waals surface area contributed by atoms with Crippen LogP contribution in [0.5, 0.6) is 0 Å². The van der Waals surface area contributed by atoms with Crippen molar-refractivity contribution in [3.8, 4) is 56.3 Å². The number of aryl methyl sites for hydroxylation is 17. The molecule has 0 radical (unpaired) electrons. The van der Waals surface area contributed by atoms with Crippen LogP contribution in [0.2, 0.25) is 0 Å². The monoisotopic (exact) mass is 1660 g/mol. The van der Waals surface area contributed by atoms with E-state index in [2.05, 4.69) is 96.2 Å². The van der Waals surface area contributed by atoms with Crippen LogP contribution in [0.15, 0.2) is 235 Å². The second-order valence-electron chi connectivity index (χ2n) is 33.5. The number of aromatic nitrogens is 10. The van der Waals surface area contributed by atoms with Gasteiger partial charge in [0.2, 0.25) is 57.0 Å². The minimum atomic E-state index is -2.43. The predicted octanol–water partition coefficient (Wildman–Crippen LogP) is 24.9. The second kappa shape index (κ2) is 33.8. The zero-order valence-electron chi connectivity index (χ0n) is 93.1. The SMILES string of the molecule is [2H]C([2H])([2H])c1ccc(-c2c(C)ccc3c2oc2nc(C(C)(C)C)ccc23)[n+](C)c1.[2H]C([2H])([2H])c1ccc(-c2c(C)ccc3c2oc2nc(C([2H])(C)C)ccc23)[n+](C)c1.[2H]C([2H])([2H])c1ccc(-c2c(C)ccc3c2oc2nc(C)ccc23)[n+](C)c1.[2H]C([2H])([2H])c1ccc(-c2c(C)ccc3c2oc2nc(CC([2H])(C)C([2H])([2H])[2H])ccc23)[n+](C)c1.[2H]C([2H])([2H])c1ccc(-c2c(C)ccc3c2oc2nc(CC)ccc23)[n+](C)c1. The van der Waals surface area contributed by atoms with Gasteiger partial charge in [0.15, 0.2) is 58.9 Å². The first-order valence-electron chi connectivity index (χ1n) is 51.3. The Morgan fingerprint density at radius 2 is 0.605 bits per heavy atom. The van der Waals surface area contributed by atoms with Crippen molar-refractivity contribution in [1.82, 2.24) is 24.9 Å². The average molecular weight is 1660 g/mol. The predicted molar refractivity (Wildman–Crippen MR) is 503 cm³/mol. The van der Waals surface area contributed by atoms with E-state index in [4.69, 9.17) is 54.5 Å². The molecule has 0 aliphatic heterocycles. The van der Waals surface area contributed by atoms with Gasteiger partial charge in [-0.3, -0.25) is 0 Å². The Labute approximate surface area is 754 Å². The number of hydrogen-bond acceptors (Lipinski definition) is 10. The van der Waals surface area contributed by atoms with Crippen LogP contribution in [0, 0.1) is 81.7 Å². The van der Waals surface area contributed by atoms with Crippen LogP contribution in [0.25, 0.3) is 167 Å². The zero-order valence-corrected chi connectivity index (χ0v) is 73.1. The van der Waals surface area contributed by atoms with E-state index in [1.807, 2.05) is 179 Å². The highest BCUT2D eigenvalue weighted by molar-refractivity contribution is 6.13. The Balaban J connectivity index is 0.000000129. The molecule has 124 heavy (non-hydrogen) atoms. The first-order chi connectivity index (χ1) is 67.2. The molecule has 0 fully saturated rings. The third-order valence-electron chi connectivity index (χ3n) is 22.9. The van der Waals surface area contributed by atoms with E-state index in [0.29, 0.717) is 73.4 Å². The lowest BCUT2D eigenvalue weighted by molar-refractivity contribution is -0.660. The van der Waals surface area contributed by atoms with Crippen molar-refractivity contribution in [2.45, 2.75) is 155 Å². The van der Waals surface area contributed by atoms with Gasteiger partial charge in [-0.15, -0.1) is 0 Å². The van der Waals surface area contributed by atoms with Gasteiger partial charge in [-0.1, -0.05) is 116 Å². The van der Waals surface area contributed by atoms with Crippen molar-refractivity contribution in [2.24, 2.45) is 41.1 Å². The van der Waals surface area contributed by atoms with Crippen LogP contribution in [0.3, 0.4) is 0 Å². The van der Waals surface area contributed by atoms with Gasteiger partial charge >= 0.3 is 0 Å². The molecular formula is C109H113N10O5+5. The Kier molecular flexibility index (Phi) is 17.1. The van der Waals surface area contributed by atoms with Crippen LogP contribution in [-0.4, -0.2) is 24.9 Å². The van der Waals surface area contributed by atoms with Crippen molar-refractivity contribution >= 4 is 110 Å². The summed E-state index contributed by atoms with van der Waals surface area (Å²) in [6, 6.07) is 57.4. The molecule has 0 aliphatic carbocycles. The molecule has 15 nitrogen and oxygen atoms in total. The lowest BCUT2D eigenvalue weighted by atomic mass is 9.91. The molecule has 15 heterocycles. The van der Waals surface area contributed by atoms with Gasteiger partial charge < -0.3 is 22.1 Å². The highest BCUT2D eigenvalue weighted by Crippen LogP contribution is 2.43. The molecule has 624 valence electrons. The van der Waals surface area contributed by atoms with Crippen molar-refractivity contribution in [3.05, 3.63) is 297 Å². The number of benzene rings is 5. The molecule has 0 amide bonds. The highest BCUT2D eigenvalue weighted by atomic mass is 16.4. The van der Waals surface area contributed by atoms with Crippen LogP contribution in [0.1, 0.15) is 173 Å². The van der Waals surface area contributed by atoms with Gasteiger partial charge in [-0.05, 0) is 219 Å². The number of fused-ring (bicyclic) bond motifs is 15. The van der Waals surface area contributed by atoms with Crippen LogP contribution in [0.4, 0.5) is 0 Å². The fourth-order valence-electron chi connectivity index (χ4n) is 16.5. The summed E-state index contributed by atoms with van der Waals surface area (Å²) >= 11 is 0. The molecule has 15 heteroatoms. The summed E-state index contributed by atoms with van der Waals surface area (Å²) in [6.45, 7) is 12.3. The van der Waals surface area contributed by atoms with E-state index >= 15 is 0 Å². The summed E-state index contributed by atoms with van der Waals surface area (Å²) in [5.74, 6) is -2.48. The normalized spacial score (nSPS) is 15.3. The third-order valence-corrected chi connectivity index (χ3v) is 22.9. The lowest BCUT2D eigenvalue weighted by Crippen LogP contribution is -2.31. The Morgan fingerprint density at radius 1 is 0.323 bits per heavy atom. The molecule has 0 saturated carbocycles. The maximum atomic E-state index is 8.24. The minimum absolute atomic E-state index is 0.0338. The standard InChI is InChI=1S/2C23H25N2O.C22H23N2O.C21H21N2O.C20H19N2O/c1-14-7-11-18(25(6)13-14)20-15(2)8-9-16-17-10-12-19(23(3,4)5)24-22(17)26-21(16)20;1-14(2)12-17-8-10-19-18-9-7-16(4)21(22(18)26-23(19)24-17)20-11-6-15(3)13-25(20)5;1-13(2)18-10-9-17-16-8-7-15(4)20(21(16)25-22(17)23-18)19-11-6-14(3)12-24(19)5;1-5-15-8-10-17-16-9-7-14(3)19(20(16)24-21(17)22-15)18-11-6-13(2)12-23(18)4;1-12-5-10-17(22(4)11-12)18-13(2)6-8-15-16-9-7-14(3)21-20(16)23-19(15)18/h7-13H,1-6H3;6-11,13-14H,12H2,1-5H3;6-13H,1-5H3;6-12H,5H2,1-4H3;5-11H,1-4H3/q5*+1/i1D3;1D3,3D3,14D;3D3,13D;2D3;1D3. The second-order valence-corrected chi connectivity index (χ2v) is 33.5. The summed E-state index contributed by atoms with van der Waals surface area (Å²) in [7, 11) is 9.21. The highest BCUT2D eigenvalue weighted by Gasteiger charge is 2.29. The summed E-state index contributed by atoms with van der Waals surface area (Å²) in [6.07, 6.45) is 9.05. The van der Waals surface area contributed by atoms with E-state index < -0.39 is 52.9 Å². The summed E-state index contributed by atoms with van der Waals surface area (Å²) in [5.41, 5.74) is 26.0. The van der Waals surface area contributed by atoms with Gasteiger partial charge in [0.05, 0.1) is 27.8 Å². The quantitative estimate of drug-likeness (QED) is 0.128. The molecule has 20 rings (SSSR count).